The van der Waals surface area contributed by atoms with Gasteiger partial charge < -0.3 is 9.47 Å². The number of nitrogens with zero attached hydrogens (tertiary/aromatic N) is 1. The van der Waals surface area contributed by atoms with E-state index in [0.29, 0.717) is 24.6 Å². The molecular formula is C16H23NO4S. The van der Waals surface area contributed by atoms with Crippen molar-refractivity contribution < 1.29 is 17.9 Å². The molecule has 1 unspecified atom stereocenters. The van der Waals surface area contributed by atoms with Gasteiger partial charge in [0.1, 0.15) is 0 Å². The quantitative estimate of drug-likeness (QED) is 0.853. The lowest BCUT2D eigenvalue weighted by molar-refractivity contribution is -0.144. The molecule has 2 aliphatic rings. The van der Waals surface area contributed by atoms with Crippen LogP contribution in [0.1, 0.15) is 25.7 Å². The van der Waals surface area contributed by atoms with Crippen LogP contribution in [0.2, 0.25) is 0 Å². The van der Waals surface area contributed by atoms with E-state index in [9.17, 15) is 8.42 Å². The summed E-state index contributed by atoms with van der Waals surface area (Å²) in [6, 6.07) is 8.64. The molecular weight excluding hydrogens is 302 g/mol. The molecule has 0 bridgehead atoms. The minimum atomic E-state index is -3.39. The molecule has 6 heteroatoms. The van der Waals surface area contributed by atoms with Gasteiger partial charge in [0.25, 0.3) is 0 Å². The summed E-state index contributed by atoms with van der Waals surface area (Å²) < 4.78 is 38.3. The van der Waals surface area contributed by atoms with E-state index in [1.807, 2.05) is 6.07 Å². The van der Waals surface area contributed by atoms with Crippen molar-refractivity contribution >= 4 is 10.0 Å². The van der Waals surface area contributed by atoms with Crippen molar-refractivity contribution in [1.29, 1.82) is 0 Å². The Hall–Kier alpha value is -0.950. The van der Waals surface area contributed by atoms with E-state index >= 15 is 0 Å². The van der Waals surface area contributed by atoms with Crippen LogP contribution in [0, 0.1) is 0 Å². The van der Waals surface area contributed by atoms with E-state index in [0.717, 1.165) is 25.7 Å². The SMILES string of the molecule is COC1CCOC2(CCN(S(=O)(=O)c3ccccc3)CC2)C1. The van der Waals surface area contributed by atoms with Crippen molar-refractivity contribution in [3.05, 3.63) is 30.3 Å². The maximum atomic E-state index is 12.6. The summed E-state index contributed by atoms with van der Waals surface area (Å²) in [7, 11) is -1.66. The second-order valence-corrected chi connectivity index (χ2v) is 8.04. The topological polar surface area (TPSA) is 55.8 Å². The molecule has 2 saturated heterocycles. The monoisotopic (exact) mass is 325 g/mol. The summed E-state index contributed by atoms with van der Waals surface area (Å²) in [4.78, 5) is 0.366. The van der Waals surface area contributed by atoms with E-state index in [2.05, 4.69) is 0 Å². The third-order valence-corrected chi connectivity index (χ3v) is 6.71. The van der Waals surface area contributed by atoms with E-state index in [1.165, 1.54) is 0 Å². The summed E-state index contributed by atoms with van der Waals surface area (Å²) in [6.45, 7) is 1.71. The van der Waals surface area contributed by atoms with Gasteiger partial charge in [-0.15, -0.1) is 0 Å². The summed E-state index contributed by atoms with van der Waals surface area (Å²) in [5.74, 6) is 0. The van der Waals surface area contributed by atoms with Gasteiger partial charge in [-0.25, -0.2) is 8.42 Å². The zero-order valence-electron chi connectivity index (χ0n) is 12.9. The molecule has 1 aromatic rings. The van der Waals surface area contributed by atoms with Gasteiger partial charge >= 0.3 is 0 Å². The number of rotatable bonds is 3. The normalized spacial score (nSPS) is 26.1. The average molecular weight is 325 g/mol. The minimum Gasteiger partial charge on any atom is -0.381 e. The average Bonchev–Trinajstić information content (AvgIpc) is 2.56. The molecule has 0 saturated carbocycles. The highest BCUT2D eigenvalue weighted by Gasteiger charge is 2.42. The molecule has 122 valence electrons. The van der Waals surface area contributed by atoms with Crippen LogP contribution in [-0.4, -0.2) is 51.2 Å². The van der Waals surface area contributed by atoms with Crippen LogP contribution in [0.4, 0.5) is 0 Å². The van der Waals surface area contributed by atoms with E-state index in [-0.39, 0.29) is 11.7 Å². The van der Waals surface area contributed by atoms with Crippen molar-refractivity contribution in [3.63, 3.8) is 0 Å². The zero-order chi connectivity index (χ0) is 15.6. The molecule has 0 amide bonds. The fraction of sp³-hybridized carbons (Fsp3) is 0.625. The van der Waals surface area contributed by atoms with Gasteiger partial charge in [-0.05, 0) is 31.4 Å². The third kappa shape index (κ3) is 3.06. The maximum Gasteiger partial charge on any atom is 0.243 e. The Bertz CT molecular complexity index is 594. The van der Waals surface area contributed by atoms with Crippen molar-refractivity contribution in [1.82, 2.24) is 4.31 Å². The number of ether oxygens (including phenoxy) is 2. The lowest BCUT2D eigenvalue weighted by atomic mass is 9.84. The summed E-state index contributed by atoms with van der Waals surface area (Å²) in [5, 5.41) is 0. The highest BCUT2D eigenvalue weighted by molar-refractivity contribution is 7.89. The van der Waals surface area contributed by atoms with Crippen LogP contribution in [0.25, 0.3) is 0 Å². The van der Waals surface area contributed by atoms with Crippen molar-refractivity contribution in [2.75, 3.05) is 26.8 Å². The molecule has 0 aromatic heterocycles. The first-order valence-electron chi connectivity index (χ1n) is 7.78. The molecule has 2 fully saturated rings. The van der Waals surface area contributed by atoms with Crippen molar-refractivity contribution in [2.45, 2.75) is 42.3 Å². The molecule has 2 aliphatic heterocycles. The lowest BCUT2D eigenvalue weighted by Crippen LogP contribution is -2.51. The summed E-state index contributed by atoms with van der Waals surface area (Å²) in [6.07, 6.45) is 3.48. The number of benzene rings is 1. The smallest absolute Gasteiger partial charge is 0.243 e. The fourth-order valence-corrected chi connectivity index (χ4v) is 4.87. The second-order valence-electron chi connectivity index (χ2n) is 6.10. The second kappa shape index (κ2) is 6.28. The van der Waals surface area contributed by atoms with Gasteiger partial charge in [0.2, 0.25) is 10.0 Å². The van der Waals surface area contributed by atoms with Crippen LogP contribution in [0.15, 0.2) is 35.2 Å². The predicted molar refractivity (Wildman–Crippen MR) is 83.1 cm³/mol. The van der Waals surface area contributed by atoms with Gasteiger partial charge in [-0.2, -0.15) is 4.31 Å². The summed E-state index contributed by atoms with van der Waals surface area (Å²) >= 11 is 0. The molecule has 2 heterocycles. The van der Waals surface area contributed by atoms with Crippen molar-refractivity contribution in [2.24, 2.45) is 0 Å². The fourth-order valence-electron chi connectivity index (χ4n) is 3.41. The number of methoxy groups -OCH3 is 1. The zero-order valence-corrected chi connectivity index (χ0v) is 13.7. The molecule has 22 heavy (non-hydrogen) atoms. The van der Waals surface area contributed by atoms with Crippen LogP contribution in [-0.2, 0) is 19.5 Å². The van der Waals surface area contributed by atoms with Gasteiger partial charge in [-0.3, -0.25) is 0 Å². The van der Waals surface area contributed by atoms with E-state index in [4.69, 9.17) is 9.47 Å². The first-order chi connectivity index (χ1) is 10.6. The minimum absolute atomic E-state index is 0.207. The highest BCUT2D eigenvalue weighted by atomic mass is 32.2. The standard InChI is InChI=1S/C16H23NO4S/c1-20-14-7-12-21-16(13-14)8-10-17(11-9-16)22(18,19)15-5-3-2-4-6-15/h2-6,14H,7-13H2,1H3. The molecule has 3 rings (SSSR count). The first kappa shape index (κ1) is 15.9. The van der Waals surface area contributed by atoms with Gasteiger partial charge in [0.05, 0.1) is 16.6 Å². The molecule has 0 N–H and O–H groups in total. The van der Waals surface area contributed by atoms with Gasteiger partial charge in [0.15, 0.2) is 0 Å². The Labute approximate surface area is 132 Å². The first-order valence-corrected chi connectivity index (χ1v) is 9.22. The largest absolute Gasteiger partial charge is 0.381 e. The van der Waals surface area contributed by atoms with Crippen LogP contribution in [0.5, 0.6) is 0 Å². The van der Waals surface area contributed by atoms with Crippen LogP contribution >= 0.6 is 0 Å². The Balaban J connectivity index is 1.69. The third-order valence-electron chi connectivity index (χ3n) is 4.80. The van der Waals surface area contributed by atoms with E-state index in [1.54, 1.807) is 35.7 Å². The lowest BCUT2D eigenvalue weighted by Gasteiger charge is -2.45. The molecule has 0 aliphatic carbocycles. The molecule has 1 spiro atoms. The number of hydrogen-bond acceptors (Lipinski definition) is 4. The van der Waals surface area contributed by atoms with E-state index < -0.39 is 10.0 Å². The van der Waals surface area contributed by atoms with Crippen molar-refractivity contribution in [3.8, 4) is 0 Å². The van der Waals surface area contributed by atoms with Gasteiger partial charge in [-0.1, -0.05) is 18.2 Å². The predicted octanol–water partition coefficient (Wildman–Crippen LogP) is 2.04. The number of sulfonamides is 1. The molecule has 1 aromatic carbocycles. The van der Waals surface area contributed by atoms with Gasteiger partial charge in [0, 0.05) is 33.2 Å². The molecule has 1 atom stereocenters. The van der Waals surface area contributed by atoms with Crippen LogP contribution < -0.4 is 0 Å². The summed E-state index contributed by atoms with van der Waals surface area (Å²) in [5.41, 5.74) is -0.207. The van der Waals surface area contributed by atoms with Crippen LogP contribution in [0.3, 0.4) is 0 Å². The Morgan fingerprint density at radius 1 is 1.23 bits per heavy atom. The Morgan fingerprint density at radius 2 is 1.91 bits per heavy atom. The Morgan fingerprint density at radius 3 is 2.55 bits per heavy atom. The molecule has 5 nitrogen and oxygen atoms in total. The highest BCUT2D eigenvalue weighted by Crippen LogP contribution is 2.37. The molecule has 0 radical (unpaired) electrons. The number of piperidine rings is 1. The number of hydrogen-bond donors (Lipinski definition) is 0. The maximum absolute atomic E-state index is 12.6. The Kier molecular flexibility index (Phi) is 4.54.